The lowest BCUT2D eigenvalue weighted by Gasteiger charge is -2.25. The van der Waals surface area contributed by atoms with Gasteiger partial charge in [-0.25, -0.2) is 4.57 Å². The lowest BCUT2D eigenvalue weighted by molar-refractivity contribution is -0.870. The van der Waals surface area contributed by atoms with Crippen molar-refractivity contribution in [2.24, 2.45) is 0 Å². The van der Waals surface area contributed by atoms with E-state index in [0.717, 1.165) is 64.2 Å². The molecule has 0 saturated heterocycles. The molecule has 0 aromatic heterocycles. The van der Waals surface area contributed by atoms with Gasteiger partial charge in [-0.1, -0.05) is 202 Å². The van der Waals surface area contributed by atoms with Gasteiger partial charge in [-0.2, -0.15) is 0 Å². The van der Waals surface area contributed by atoms with Gasteiger partial charge in [0, 0.05) is 6.42 Å². The topological polar surface area (TPSA) is 105 Å². The van der Waals surface area contributed by atoms with Crippen LogP contribution >= 0.6 is 7.82 Å². The third kappa shape index (κ3) is 45.9. The van der Waals surface area contributed by atoms with Crippen LogP contribution in [0.15, 0.2) is 72.9 Å². The first-order valence-corrected chi connectivity index (χ1v) is 26.8. The van der Waals surface area contributed by atoms with E-state index in [4.69, 9.17) is 9.05 Å². The fourth-order valence-electron chi connectivity index (χ4n) is 6.93. The smallest absolute Gasteiger partial charge is 0.387 e. The summed E-state index contributed by atoms with van der Waals surface area (Å²) in [7, 11) is 1.55. The summed E-state index contributed by atoms with van der Waals surface area (Å²) in [5.41, 5.74) is 0. The van der Waals surface area contributed by atoms with E-state index in [1.165, 1.54) is 122 Å². The summed E-state index contributed by atoms with van der Waals surface area (Å²) in [5.74, 6) is -0.191. The van der Waals surface area contributed by atoms with Crippen molar-refractivity contribution in [1.82, 2.24) is 5.32 Å². The van der Waals surface area contributed by atoms with E-state index < -0.39 is 20.0 Å². The third-order valence-electron chi connectivity index (χ3n) is 10.9. The lowest BCUT2D eigenvalue weighted by atomic mass is 10.0. The molecule has 0 radical (unpaired) electrons. The standard InChI is InChI=1S/C53H97N2O6P/c1-6-8-10-12-14-16-17-18-19-20-21-22-23-24-25-26-27-28-29-30-31-32-33-34-35-36-37-39-41-43-45-47-53(57)54-51(50-61-62(58,59)60-49-48-55(3,4)5)52(56)46-44-42-40-38-15-13-11-9-7-2/h8,10,14-16,18-19,21-22,38,44,46,51-52,56H,6-7,9,11-13,17,20,23-37,39-43,45,47-50H2,1-5H3,(H-,54,57,58,59)/p+1/b10-8-,16-14-,19-18-,22-21-,38-15+,46-44+. The van der Waals surface area contributed by atoms with Crippen molar-refractivity contribution in [1.29, 1.82) is 0 Å². The SMILES string of the molecule is CC/C=C\C/C=C\C/C=C\C/C=C\CCCCCCCCCCCCCCCCCCCCC(=O)NC(COP(=O)(O)OCC[N+](C)(C)C)C(O)/C=C/CC/C=C/CCCCC. The number of likely N-dealkylation sites (N-methyl/N-ethyl adjacent to an activating group) is 1. The number of allylic oxidation sites excluding steroid dienone is 11. The minimum atomic E-state index is -4.34. The van der Waals surface area contributed by atoms with Gasteiger partial charge >= 0.3 is 7.82 Å². The summed E-state index contributed by atoms with van der Waals surface area (Å²) in [6.45, 7) is 4.62. The molecule has 0 aliphatic heterocycles. The number of hydrogen-bond donors (Lipinski definition) is 3. The van der Waals surface area contributed by atoms with Crippen molar-refractivity contribution in [3.8, 4) is 0 Å². The molecule has 0 spiro atoms. The van der Waals surface area contributed by atoms with Crippen LogP contribution in [0.2, 0.25) is 0 Å². The highest BCUT2D eigenvalue weighted by Crippen LogP contribution is 2.43. The molecule has 0 fully saturated rings. The molecule has 3 N–H and O–H groups in total. The first kappa shape index (κ1) is 59.9. The second kappa shape index (κ2) is 44.2. The van der Waals surface area contributed by atoms with Gasteiger partial charge in [0.25, 0.3) is 0 Å². The Morgan fingerprint density at radius 3 is 1.48 bits per heavy atom. The minimum Gasteiger partial charge on any atom is -0.387 e. The van der Waals surface area contributed by atoms with E-state index in [2.05, 4.69) is 79.9 Å². The highest BCUT2D eigenvalue weighted by atomic mass is 31.2. The van der Waals surface area contributed by atoms with Crippen LogP contribution in [0.4, 0.5) is 0 Å². The number of quaternary nitrogens is 1. The van der Waals surface area contributed by atoms with E-state index in [1.54, 1.807) is 6.08 Å². The summed E-state index contributed by atoms with van der Waals surface area (Å²) in [6.07, 6.45) is 60.2. The minimum absolute atomic E-state index is 0.0544. The molecular weight excluding hydrogens is 792 g/mol. The van der Waals surface area contributed by atoms with Gasteiger partial charge in [0.15, 0.2) is 0 Å². The molecule has 0 aromatic carbocycles. The highest BCUT2D eigenvalue weighted by molar-refractivity contribution is 7.47. The maximum Gasteiger partial charge on any atom is 0.472 e. The summed E-state index contributed by atoms with van der Waals surface area (Å²) >= 11 is 0. The van der Waals surface area contributed by atoms with Crippen molar-refractivity contribution >= 4 is 13.7 Å². The van der Waals surface area contributed by atoms with E-state index in [0.29, 0.717) is 17.4 Å². The predicted molar refractivity (Wildman–Crippen MR) is 267 cm³/mol. The number of nitrogens with one attached hydrogen (secondary N) is 1. The van der Waals surface area contributed by atoms with Crippen LogP contribution in [-0.4, -0.2) is 73.4 Å². The van der Waals surface area contributed by atoms with Gasteiger partial charge in [0.2, 0.25) is 5.91 Å². The molecule has 8 nitrogen and oxygen atoms in total. The van der Waals surface area contributed by atoms with Crippen molar-refractivity contribution in [2.75, 3.05) is 40.9 Å². The highest BCUT2D eigenvalue weighted by Gasteiger charge is 2.27. The second-order valence-electron chi connectivity index (χ2n) is 18.2. The maximum atomic E-state index is 12.9. The van der Waals surface area contributed by atoms with Crippen LogP contribution in [0, 0.1) is 0 Å². The molecule has 9 heteroatoms. The largest absolute Gasteiger partial charge is 0.472 e. The summed E-state index contributed by atoms with van der Waals surface area (Å²) in [6, 6.07) is -0.862. The molecular formula is C53H98N2O6P+. The van der Waals surface area contributed by atoms with Crippen LogP contribution in [0.3, 0.4) is 0 Å². The number of phosphoric ester groups is 1. The van der Waals surface area contributed by atoms with Crippen LogP contribution in [-0.2, 0) is 18.4 Å². The normalized spacial score (nSPS) is 14.8. The Kier molecular flexibility index (Phi) is 42.7. The quantitative estimate of drug-likeness (QED) is 0.0243. The molecule has 1 amide bonds. The van der Waals surface area contributed by atoms with E-state index >= 15 is 0 Å². The van der Waals surface area contributed by atoms with E-state index in [9.17, 15) is 19.4 Å². The van der Waals surface area contributed by atoms with Gasteiger partial charge < -0.3 is 19.8 Å². The van der Waals surface area contributed by atoms with Crippen molar-refractivity contribution < 1.29 is 32.9 Å². The third-order valence-corrected chi connectivity index (χ3v) is 11.9. The fourth-order valence-corrected chi connectivity index (χ4v) is 7.67. The summed E-state index contributed by atoms with van der Waals surface area (Å²) in [5, 5.41) is 13.8. The van der Waals surface area contributed by atoms with Crippen molar-refractivity contribution in [2.45, 2.75) is 219 Å². The van der Waals surface area contributed by atoms with Crippen LogP contribution in [0.5, 0.6) is 0 Å². The zero-order valence-electron chi connectivity index (χ0n) is 40.8. The zero-order chi connectivity index (χ0) is 45.7. The number of amides is 1. The molecule has 3 unspecified atom stereocenters. The summed E-state index contributed by atoms with van der Waals surface area (Å²) < 4.78 is 23.5. The molecule has 0 saturated carbocycles. The molecule has 0 rings (SSSR count). The van der Waals surface area contributed by atoms with Gasteiger partial charge in [0.1, 0.15) is 13.2 Å². The number of nitrogens with zero attached hydrogens (tertiary/aromatic N) is 1. The molecule has 0 bridgehead atoms. The monoisotopic (exact) mass is 890 g/mol. The van der Waals surface area contributed by atoms with Crippen LogP contribution in [0.1, 0.15) is 206 Å². The van der Waals surface area contributed by atoms with E-state index in [-0.39, 0.29) is 19.1 Å². The number of carbonyl (C=O) groups excluding carboxylic acids is 1. The molecule has 0 aromatic rings. The van der Waals surface area contributed by atoms with Crippen LogP contribution < -0.4 is 5.32 Å². The van der Waals surface area contributed by atoms with Gasteiger partial charge in [0.05, 0.1) is 39.9 Å². The Morgan fingerprint density at radius 2 is 0.984 bits per heavy atom. The van der Waals surface area contributed by atoms with Gasteiger partial charge in [-0.3, -0.25) is 13.8 Å². The van der Waals surface area contributed by atoms with Gasteiger partial charge in [-0.05, 0) is 70.6 Å². The Bertz CT molecular complexity index is 1240. The predicted octanol–water partition coefficient (Wildman–Crippen LogP) is 14.8. The molecule has 0 aliphatic carbocycles. The average Bonchev–Trinajstić information content (AvgIpc) is 3.23. The Hall–Kier alpha value is -2.06. The molecule has 62 heavy (non-hydrogen) atoms. The molecule has 0 aliphatic rings. The average molecular weight is 890 g/mol. The molecule has 0 heterocycles. The first-order valence-electron chi connectivity index (χ1n) is 25.3. The second-order valence-corrected chi connectivity index (χ2v) is 19.6. The number of carbonyl (C=O) groups is 1. The number of aliphatic hydroxyl groups is 1. The number of phosphoric acid groups is 1. The maximum absolute atomic E-state index is 12.9. The Balaban J connectivity index is 4.01. The zero-order valence-corrected chi connectivity index (χ0v) is 41.7. The fraction of sp³-hybridized carbons (Fsp3) is 0.755. The summed E-state index contributed by atoms with van der Waals surface area (Å²) in [4.78, 5) is 23.1. The van der Waals surface area contributed by atoms with Crippen molar-refractivity contribution in [3.05, 3.63) is 72.9 Å². The first-order chi connectivity index (χ1) is 30.0. The van der Waals surface area contributed by atoms with E-state index in [1.807, 2.05) is 27.2 Å². The molecule has 360 valence electrons. The van der Waals surface area contributed by atoms with Crippen molar-refractivity contribution in [3.63, 3.8) is 0 Å². The van der Waals surface area contributed by atoms with Gasteiger partial charge in [-0.15, -0.1) is 0 Å². The van der Waals surface area contributed by atoms with Crippen LogP contribution in [0.25, 0.3) is 0 Å². The number of unbranched alkanes of at least 4 members (excludes halogenated alkanes) is 22. The number of aliphatic hydroxyl groups excluding tert-OH is 1. The Morgan fingerprint density at radius 1 is 0.565 bits per heavy atom. The lowest BCUT2D eigenvalue weighted by Crippen LogP contribution is -2.45. The number of rotatable bonds is 45. The Labute approximate surface area is 383 Å². The number of hydrogen-bond acceptors (Lipinski definition) is 5. The molecule has 3 atom stereocenters.